The Hall–Kier alpha value is -3.09. The molecule has 132 valence electrons. The summed E-state index contributed by atoms with van der Waals surface area (Å²) < 4.78 is 10.4. The van der Waals surface area contributed by atoms with Crippen molar-refractivity contribution in [2.24, 2.45) is 0 Å². The molecule has 0 unspecified atom stereocenters. The van der Waals surface area contributed by atoms with E-state index in [1.807, 2.05) is 13.8 Å². The Labute approximate surface area is 146 Å². The fraction of sp³-hybridized carbons (Fsp3) is 0.278. The maximum Gasteiger partial charge on any atom is 0.274 e. The van der Waals surface area contributed by atoms with Gasteiger partial charge in [0.1, 0.15) is 5.69 Å². The van der Waals surface area contributed by atoms with Crippen molar-refractivity contribution in [2.45, 2.75) is 19.9 Å². The van der Waals surface area contributed by atoms with Gasteiger partial charge in [-0.05, 0) is 38.1 Å². The van der Waals surface area contributed by atoms with E-state index in [4.69, 9.17) is 9.47 Å². The van der Waals surface area contributed by atoms with Crippen LogP contribution in [0.1, 0.15) is 34.7 Å². The number of anilines is 1. The first-order chi connectivity index (χ1) is 11.9. The molecule has 7 heteroatoms. The zero-order chi connectivity index (χ0) is 18.4. The molecule has 2 amide bonds. The van der Waals surface area contributed by atoms with Gasteiger partial charge in [0.25, 0.3) is 11.8 Å². The molecule has 7 nitrogen and oxygen atoms in total. The van der Waals surface area contributed by atoms with E-state index < -0.39 is 5.91 Å². The fourth-order valence-corrected chi connectivity index (χ4v) is 2.15. The standard InChI is InChI=1S/C18H21N3O4/c1-11(2)20-17(22)12-7-8-19-14(9-12)18(23)21-13-5-6-15(24-3)16(10-13)25-4/h5-11H,1-4H3,(H,20,22)(H,21,23). The van der Waals surface area contributed by atoms with Gasteiger partial charge in [0, 0.05) is 29.6 Å². The first kappa shape index (κ1) is 18.3. The van der Waals surface area contributed by atoms with E-state index in [0.717, 1.165) is 0 Å². The van der Waals surface area contributed by atoms with Gasteiger partial charge in [0.15, 0.2) is 11.5 Å². The van der Waals surface area contributed by atoms with Crippen molar-refractivity contribution >= 4 is 17.5 Å². The molecule has 0 spiro atoms. The van der Waals surface area contributed by atoms with Crippen molar-refractivity contribution in [3.8, 4) is 11.5 Å². The van der Waals surface area contributed by atoms with E-state index in [-0.39, 0.29) is 17.6 Å². The zero-order valence-corrected chi connectivity index (χ0v) is 14.6. The quantitative estimate of drug-likeness (QED) is 0.841. The van der Waals surface area contributed by atoms with Crippen molar-refractivity contribution < 1.29 is 19.1 Å². The highest BCUT2D eigenvalue weighted by Gasteiger charge is 2.14. The van der Waals surface area contributed by atoms with Crippen molar-refractivity contribution in [2.75, 3.05) is 19.5 Å². The average Bonchev–Trinajstić information content (AvgIpc) is 2.61. The summed E-state index contributed by atoms with van der Waals surface area (Å²) in [4.78, 5) is 28.5. The molecule has 0 aliphatic heterocycles. The number of hydrogen-bond acceptors (Lipinski definition) is 5. The van der Waals surface area contributed by atoms with Gasteiger partial charge in [-0.3, -0.25) is 14.6 Å². The molecule has 0 saturated carbocycles. The van der Waals surface area contributed by atoms with Crippen molar-refractivity contribution in [1.29, 1.82) is 0 Å². The summed E-state index contributed by atoms with van der Waals surface area (Å²) in [7, 11) is 3.05. The van der Waals surface area contributed by atoms with Crippen molar-refractivity contribution in [1.82, 2.24) is 10.3 Å². The van der Waals surface area contributed by atoms with Crippen molar-refractivity contribution in [3.05, 3.63) is 47.8 Å². The second-order valence-electron chi connectivity index (χ2n) is 5.58. The number of ether oxygens (including phenoxy) is 2. The molecule has 1 heterocycles. The second kappa shape index (κ2) is 8.14. The van der Waals surface area contributed by atoms with Crippen LogP contribution in [-0.2, 0) is 0 Å². The van der Waals surface area contributed by atoms with E-state index in [1.165, 1.54) is 26.5 Å². The smallest absolute Gasteiger partial charge is 0.274 e. The van der Waals surface area contributed by atoms with Crippen LogP contribution in [0.5, 0.6) is 11.5 Å². The normalized spacial score (nSPS) is 10.3. The van der Waals surface area contributed by atoms with E-state index in [9.17, 15) is 9.59 Å². The summed E-state index contributed by atoms with van der Waals surface area (Å²) in [5.74, 6) is 0.383. The molecule has 2 rings (SSSR count). The second-order valence-corrected chi connectivity index (χ2v) is 5.58. The minimum atomic E-state index is -0.425. The lowest BCUT2D eigenvalue weighted by Crippen LogP contribution is -2.30. The fourth-order valence-electron chi connectivity index (χ4n) is 2.15. The Morgan fingerprint density at radius 2 is 1.72 bits per heavy atom. The minimum absolute atomic E-state index is 0.00436. The summed E-state index contributed by atoms with van der Waals surface area (Å²) >= 11 is 0. The first-order valence-electron chi connectivity index (χ1n) is 7.75. The van der Waals surface area contributed by atoms with Crippen LogP contribution in [0.2, 0.25) is 0 Å². The first-order valence-corrected chi connectivity index (χ1v) is 7.75. The number of amides is 2. The summed E-state index contributed by atoms with van der Waals surface area (Å²) in [6, 6.07) is 8.04. The van der Waals surface area contributed by atoms with Crippen LogP contribution in [0, 0.1) is 0 Å². The van der Waals surface area contributed by atoms with Crippen molar-refractivity contribution in [3.63, 3.8) is 0 Å². The summed E-state index contributed by atoms with van der Waals surface area (Å²) in [6.07, 6.45) is 1.43. The Balaban J connectivity index is 2.17. The molecule has 1 aromatic carbocycles. The van der Waals surface area contributed by atoms with Crippen LogP contribution in [0.3, 0.4) is 0 Å². The van der Waals surface area contributed by atoms with E-state index in [0.29, 0.717) is 22.7 Å². The van der Waals surface area contributed by atoms with Gasteiger partial charge >= 0.3 is 0 Å². The molecule has 0 aliphatic carbocycles. The van der Waals surface area contributed by atoms with Crippen LogP contribution in [0.4, 0.5) is 5.69 Å². The van der Waals surface area contributed by atoms with Gasteiger partial charge in [-0.25, -0.2) is 0 Å². The highest BCUT2D eigenvalue weighted by Crippen LogP contribution is 2.29. The number of nitrogens with zero attached hydrogens (tertiary/aromatic N) is 1. The minimum Gasteiger partial charge on any atom is -0.493 e. The molecule has 0 saturated heterocycles. The Morgan fingerprint density at radius 1 is 1.00 bits per heavy atom. The molecule has 0 fully saturated rings. The number of rotatable bonds is 6. The topological polar surface area (TPSA) is 89.5 Å². The van der Waals surface area contributed by atoms with Crippen LogP contribution >= 0.6 is 0 Å². The van der Waals surface area contributed by atoms with Crippen LogP contribution in [0.15, 0.2) is 36.5 Å². The van der Waals surface area contributed by atoms with Gasteiger partial charge in [0.05, 0.1) is 14.2 Å². The molecule has 1 aromatic heterocycles. The Morgan fingerprint density at radius 3 is 2.36 bits per heavy atom. The number of hydrogen-bond donors (Lipinski definition) is 2. The maximum atomic E-state index is 12.4. The van der Waals surface area contributed by atoms with Gasteiger partial charge in [-0.15, -0.1) is 0 Å². The van der Waals surface area contributed by atoms with Gasteiger partial charge in [-0.2, -0.15) is 0 Å². The third-order valence-electron chi connectivity index (χ3n) is 3.32. The van der Waals surface area contributed by atoms with E-state index in [2.05, 4.69) is 15.6 Å². The number of pyridine rings is 1. The molecule has 25 heavy (non-hydrogen) atoms. The highest BCUT2D eigenvalue weighted by atomic mass is 16.5. The maximum absolute atomic E-state index is 12.4. The number of nitrogens with one attached hydrogen (secondary N) is 2. The lowest BCUT2D eigenvalue weighted by Gasteiger charge is -2.11. The molecule has 0 atom stereocenters. The average molecular weight is 343 g/mol. The number of carbonyl (C=O) groups excluding carboxylic acids is 2. The molecular formula is C18H21N3O4. The lowest BCUT2D eigenvalue weighted by molar-refractivity contribution is 0.0943. The van der Waals surface area contributed by atoms with Crippen LogP contribution < -0.4 is 20.1 Å². The van der Waals surface area contributed by atoms with Gasteiger partial charge in [-0.1, -0.05) is 0 Å². The Bertz CT molecular complexity index is 775. The van der Waals surface area contributed by atoms with E-state index in [1.54, 1.807) is 24.3 Å². The largest absolute Gasteiger partial charge is 0.493 e. The van der Waals surface area contributed by atoms with E-state index >= 15 is 0 Å². The monoisotopic (exact) mass is 343 g/mol. The third kappa shape index (κ3) is 4.69. The number of carbonyl (C=O) groups is 2. The number of methoxy groups -OCH3 is 2. The van der Waals surface area contributed by atoms with Gasteiger partial charge in [0.2, 0.25) is 0 Å². The number of aromatic nitrogens is 1. The highest BCUT2D eigenvalue weighted by molar-refractivity contribution is 6.04. The molecule has 2 N–H and O–H groups in total. The summed E-state index contributed by atoms with van der Waals surface area (Å²) in [6.45, 7) is 3.73. The summed E-state index contributed by atoms with van der Waals surface area (Å²) in [5.41, 5.74) is 1.05. The summed E-state index contributed by atoms with van der Waals surface area (Å²) in [5, 5.41) is 5.50. The van der Waals surface area contributed by atoms with Crippen LogP contribution in [0.25, 0.3) is 0 Å². The number of benzene rings is 1. The molecular weight excluding hydrogens is 322 g/mol. The molecule has 0 bridgehead atoms. The predicted molar refractivity (Wildman–Crippen MR) is 94.3 cm³/mol. The lowest BCUT2D eigenvalue weighted by atomic mass is 10.2. The zero-order valence-electron chi connectivity index (χ0n) is 14.6. The molecule has 2 aromatic rings. The Kier molecular flexibility index (Phi) is 5.94. The third-order valence-corrected chi connectivity index (χ3v) is 3.32. The molecule has 0 aliphatic rings. The SMILES string of the molecule is COc1ccc(NC(=O)c2cc(C(=O)NC(C)C)ccn2)cc1OC. The van der Waals surface area contributed by atoms with Gasteiger partial charge < -0.3 is 20.1 Å². The van der Waals surface area contributed by atoms with Crippen LogP contribution in [-0.4, -0.2) is 37.1 Å². The predicted octanol–water partition coefficient (Wildman–Crippen LogP) is 2.49. The molecule has 0 radical (unpaired) electrons.